The largest absolute Gasteiger partial charge is 0.352 e. The van der Waals surface area contributed by atoms with Crippen LogP contribution in [0.25, 0.3) is 4.96 Å². The van der Waals surface area contributed by atoms with Crippen molar-refractivity contribution in [2.75, 3.05) is 18.0 Å². The monoisotopic (exact) mass is 304 g/mol. The average molecular weight is 304 g/mol. The fourth-order valence-corrected chi connectivity index (χ4v) is 5.04. The normalized spacial score (nSPS) is 26.2. The van der Waals surface area contributed by atoms with Gasteiger partial charge in [-0.3, -0.25) is 4.40 Å². The first kappa shape index (κ1) is 13.6. The fraction of sp³-hybridized carbons (Fsp3) is 0.688. The summed E-state index contributed by atoms with van der Waals surface area (Å²) in [5.41, 5.74) is 7.17. The number of aromatic nitrogens is 2. The highest BCUT2D eigenvalue weighted by atomic mass is 32.1. The fourth-order valence-electron chi connectivity index (χ4n) is 4.31. The van der Waals surface area contributed by atoms with Gasteiger partial charge in [-0.15, -0.1) is 11.3 Å². The zero-order chi connectivity index (χ0) is 14.2. The molecule has 1 saturated carbocycles. The van der Waals surface area contributed by atoms with Gasteiger partial charge in [-0.2, -0.15) is 0 Å². The molecule has 0 bridgehead atoms. The summed E-state index contributed by atoms with van der Waals surface area (Å²) in [7, 11) is 0. The quantitative estimate of drug-likeness (QED) is 0.948. The first-order valence-electron chi connectivity index (χ1n) is 8.29. The maximum Gasteiger partial charge on any atom is 0.195 e. The number of nitrogens with two attached hydrogens (primary N) is 1. The van der Waals surface area contributed by atoms with Gasteiger partial charge in [0.05, 0.1) is 5.69 Å². The van der Waals surface area contributed by atoms with E-state index in [0.717, 1.165) is 17.3 Å². The van der Waals surface area contributed by atoms with Crippen LogP contribution < -0.4 is 10.6 Å². The Balaban J connectivity index is 1.73. The average Bonchev–Trinajstić information content (AvgIpc) is 3.10. The van der Waals surface area contributed by atoms with Crippen molar-refractivity contribution in [2.24, 2.45) is 11.7 Å². The van der Waals surface area contributed by atoms with E-state index in [0.29, 0.717) is 12.6 Å². The van der Waals surface area contributed by atoms with Crippen LogP contribution in [0.2, 0.25) is 0 Å². The summed E-state index contributed by atoms with van der Waals surface area (Å²) in [6.45, 7) is 1.86. The van der Waals surface area contributed by atoms with Crippen LogP contribution >= 0.6 is 11.3 Å². The third-order valence-electron chi connectivity index (χ3n) is 5.24. The van der Waals surface area contributed by atoms with Crippen LogP contribution in [0.3, 0.4) is 0 Å². The zero-order valence-electron chi connectivity index (χ0n) is 12.5. The van der Waals surface area contributed by atoms with Gasteiger partial charge in [0.25, 0.3) is 0 Å². The molecule has 2 aliphatic rings. The van der Waals surface area contributed by atoms with Crippen molar-refractivity contribution >= 4 is 22.1 Å². The number of rotatable bonds is 3. The lowest BCUT2D eigenvalue weighted by Gasteiger charge is -2.44. The summed E-state index contributed by atoms with van der Waals surface area (Å²) in [5, 5.41) is 2.12. The highest BCUT2D eigenvalue weighted by molar-refractivity contribution is 7.15. The first-order valence-corrected chi connectivity index (χ1v) is 9.17. The molecular formula is C16H24N4S. The van der Waals surface area contributed by atoms with Crippen LogP contribution in [-0.2, 0) is 6.42 Å². The van der Waals surface area contributed by atoms with Crippen molar-refractivity contribution < 1.29 is 0 Å². The Morgan fingerprint density at radius 2 is 2.10 bits per heavy atom. The molecule has 1 aliphatic carbocycles. The Bertz CT molecular complexity index is 615. The van der Waals surface area contributed by atoms with Gasteiger partial charge < -0.3 is 10.6 Å². The van der Waals surface area contributed by atoms with Gasteiger partial charge in [-0.25, -0.2) is 4.98 Å². The molecule has 2 aromatic heterocycles. The van der Waals surface area contributed by atoms with Crippen LogP contribution in [0.15, 0.2) is 11.6 Å². The van der Waals surface area contributed by atoms with Gasteiger partial charge in [0, 0.05) is 30.6 Å². The molecule has 2 atom stereocenters. The van der Waals surface area contributed by atoms with Crippen LogP contribution in [0, 0.1) is 5.92 Å². The summed E-state index contributed by atoms with van der Waals surface area (Å²) in [4.78, 5) is 8.70. The molecular weight excluding hydrogens is 280 g/mol. The number of thiazole rings is 1. The summed E-state index contributed by atoms with van der Waals surface area (Å²) in [6, 6.07) is 0.716. The van der Waals surface area contributed by atoms with E-state index < -0.39 is 0 Å². The van der Waals surface area contributed by atoms with Gasteiger partial charge in [0.1, 0.15) is 0 Å². The molecule has 4 nitrogen and oxygen atoms in total. The minimum atomic E-state index is 0.693. The van der Waals surface area contributed by atoms with E-state index in [9.17, 15) is 0 Å². The van der Waals surface area contributed by atoms with Gasteiger partial charge in [-0.1, -0.05) is 12.8 Å². The van der Waals surface area contributed by atoms with Crippen molar-refractivity contribution in [1.82, 2.24) is 9.38 Å². The number of anilines is 1. The van der Waals surface area contributed by atoms with E-state index >= 15 is 0 Å². The van der Waals surface area contributed by atoms with E-state index in [1.165, 1.54) is 56.6 Å². The molecule has 2 fully saturated rings. The highest BCUT2D eigenvalue weighted by Gasteiger charge is 2.35. The molecule has 2 aromatic rings. The third kappa shape index (κ3) is 2.27. The van der Waals surface area contributed by atoms with E-state index in [-0.39, 0.29) is 0 Å². The van der Waals surface area contributed by atoms with Crippen LogP contribution in [0.4, 0.5) is 5.82 Å². The zero-order valence-corrected chi connectivity index (χ0v) is 13.3. The second-order valence-corrected chi connectivity index (χ2v) is 7.30. The number of fused-ring (bicyclic) bond motifs is 2. The molecule has 0 amide bonds. The third-order valence-corrected chi connectivity index (χ3v) is 5.99. The Morgan fingerprint density at radius 3 is 3.00 bits per heavy atom. The molecule has 4 rings (SSSR count). The number of nitrogens with zero attached hydrogens (tertiary/aromatic N) is 3. The number of hydrogen-bond donors (Lipinski definition) is 1. The van der Waals surface area contributed by atoms with Crippen LogP contribution in [0.1, 0.15) is 44.2 Å². The molecule has 114 valence electrons. The van der Waals surface area contributed by atoms with Crippen molar-refractivity contribution in [3.8, 4) is 0 Å². The maximum atomic E-state index is 5.85. The Morgan fingerprint density at radius 1 is 1.24 bits per heavy atom. The van der Waals surface area contributed by atoms with Crippen molar-refractivity contribution in [1.29, 1.82) is 0 Å². The second kappa shape index (κ2) is 5.61. The van der Waals surface area contributed by atoms with Crippen molar-refractivity contribution in [3.63, 3.8) is 0 Å². The predicted molar refractivity (Wildman–Crippen MR) is 88.2 cm³/mol. The summed E-state index contributed by atoms with van der Waals surface area (Å²) in [5.74, 6) is 2.11. The van der Waals surface area contributed by atoms with Crippen LogP contribution in [0.5, 0.6) is 0 Å². The van der Waals surface area contributed by atoms with E-state index in [1.807, 2.05) is 0 Å². The van der Waals surface area contributed by atoms with E-state index in [2.05, 4.69) is 20.9 Å². The smallest absolute Gasteiger partial charge is 0.195 e. The molecule has 2 N–H and O–H groups in total. The SMILES string of the molecule is NCCc1c(N2CCC[C@H]3CCCC[C@H]32)nc2sccn12. The first-order chi connectivity index (χ1) is 10.4. The highest BCUT2D eigenvalue weighted by Crippen LogP contribution is 2.39. The lowest BCUT2D eigenvalue weighted by atomic mass is 9.78. The minimum Gasteiger partial charge on any atom is -0.352 e. The van der Waals surface area contributed by atoms with Gasteiger partial charge >= 0.3 is 0 Å². The number of hydrogen-bond acceptors (Lipinski definition) is 4. The molecule has 5 heteroatoms. The lowest BCUT2D eigenvalue weighted by Crippen LogP contribution is -2.47. The number of imidazole rings is 1. The molecule has 0 aromatic carbocycles. The molecule has 3 heterocycles. The maximum absolute atomic E-state index is 5.85. The molecule has 0 spiro atoms. The van der Waals surface area contributed by atoms with Gasteiger partial charge in [-0.05, 0) is 38.1 Å². The van der Waals surface area contributed by atoms with Gasteiger partial charge in [0.15, 0.2) is 10.8 Å². The van der Waals surface area contributed by atoms with Crippen LogP contribution in [-0.4, -0.2) is 28.5 Å². The Kier molecular flexibility index (Phi) is 3.63. The van der Waals surface area contributed by atoms with Gasteiger partial charge in [0.2, 0.25) is 0 Å². The standard InChI is InChI=1S/C16H24N4S/c17-8-7-14-15(18-16-20(14)10-11-21-16)19-9-3-5-12-4-1-2-6-13(12)19/h10-13H,1-9,17H2/t12-,13-/m1/s1. The molecule has 1 saturated heterocycles. The summed E-state index contributed by atoms with van der Waals surface area (Å²) < 4.78 is 2.25. The van der Waals surface area contributed by atoms with Crippen molar-refractivity contribution in [2.45, 2.75) is 51.0 Å². The molecule has 0 unspecified atom stereocenters. The summed E-state index contributed by atoms with van der Waals surface area (Å²) >= 11 is 1.73. The Labute approximate surface area is 130 Å². The molecule has 21 heavy (non-hydrogen) atoms. The lowest BCUT2D eigenvalue weighted by molar-refractivity contribution is 0.242. The second-order valence-electron chi connectivity index (χ2n) is 6.42. The van der Waals surface area contributed by atoms with E-state index in [1.54, 1.807) is 11.3 Å². The van der Waals surface area contributed by atoms with E-state index in [4.69, 9.17) is 10.7 Å². The predicted octanol–water partition coefficient (Wildman–Crippen LogP) is 3.06. The molecule has 0 radical (unpaired) electrons. The molecule has 1 aliphatic heterocycles. The Hall–Kier alpha value is -1.07. The number of piperidine rings is 1. The van der Waals surface area contributed by atoms with Crippen molar-refractivity contribution in [3.05, 3.63) is 17.3 Å². The minimum absolute atomic E-state index is 0.693. The topological polar surface area (TPSA) is 46.6 Å². The summed E-state index contributed by atoms with van der Waals surface area (Å²) in [6.07, 6.45) is 11.3.